The molecule has 0 bridgehead atoms. The fourth-order valence-corrected chi connectivity index (χ4v) is 4.34. The minimum Gasteiger partial charge on any atom is -0.466 e. The van der Waals surface area contributed by atoms with E-state index in [1.165, 1.54) is 17.1 Å². The van der Waals surface area contributed by atoms with Crippen molar-refractivity contribution in [2.45, 2.75) is 25.9 Å². The van der Waals surface area contributed by atoms with Gasteiger partial charge < -0.3 is 4.74 Å². The number of rotatable bonds is 7. The average Bonchev–Trinajstić information content (AvgIpc) is 3.41. The van der Waals surface area contributed by atoms with Crippen molar-refractivity contribution in [1.82, 2.24) is 10.3 Å². The van der Waals surface area contributed by atoms with Gasteiger partial charge in [0, 0.05) is 16.5 Å². The maximum atomic E-state index is 13.2. The summed E-state index contributed by atoms with van der Waals surface area (Å²) in [6, 6.07) is 20.5. The zero-order chi connectivity index (χ0) is 29.6. The highest BCUT2D eigenvalue weighted by Crippen LogP contribution is 2.32. The Morgan fingerprint density at radius 2 is 1.73 bits per heavy atom. The molecule has 11 heteroatoms. The number of halogens is 4. The second kappa shape index (κ2) is 13.0. The Bertz CT molecular complexity index is 1430. The van der Waals surface area contributed by atoms with Gasteiger partial charge in [0.25, 0.3) is 5.91 Å². The largest absolute Gasteiger partial charge is 0.466 e. The number of guanidine groups is 1. The Balaban J connectivity index is 1.71. The molecule has 7 nitrogen and oxygen atoms in total. The molecule has 0 radical (unpaired) electrons. The fourth-order valence-electron chi connectivity index (χ4n) is 4.21. The molecule has 0 spiro atoms. The van der Waals surface area contributed by atoms with Crippen molar-refractivity contribution in [3.05, 3.63) is 106 Å². The summed E-state index contributed by atoms with van der Waals surface area (Å²) in [4.78, 5) is 29.9. The predicted molar refractivity (Wildman–Crippen MR) is 151 cm³/mol. The highest BCUT2D eigenvalue weighted by molar-refractivity contribution is 6.30. The number of hydrazone groups is 1. The molecule has 2 atom stereocenters. The Hall–Kier alpha value is -4.18. The number of nitrogens with one attached hydrogen (secondary N) is 1. The second-order valence-electron chi connectivity index (χ2n) is 9.38. The number of hydrogen-bond acceptors (Lipinski definition) is 5. The van der Waals surface area contributed by atoms with Crippen LogP contribution in [-0.4, -0.2) is 48.3 Å². The Labute approximate surface area is 240 Å². The van der Waals surface area contributed by atoms with Crippen molar-refractivity contribution in [2.24, 2.45) is 16.0 Å². The van der Waals surface area contributed by atoms with Gasteiger partial charge in [0.15, 0.2) is 0 Å². The highest BCUT2D eigenvalue weighted by atomic mass is 35.5. The number of esters is 1. The molecular formula is C30H28ClF3N4O3. The SMILES string of the molecule is CCOC(=O)C(C)CN=C(NC(=O)c1ccc(Cl)cc1)N1CC(c2ccccc2)C(c2ccc(C(F)(F)F)cc2)=N1. The van der Waals surface area contributed by atoms with Crippen LogP contribution >= 0.6 is 11.6 Å². The molecule has 0 fully saturated rings. The van der Waals surface area contributed by atoms with Gasteiger partial charge in [-0.3, -0.25) is 19.9 Å². The maximum Gasteiger partial charge on any atom is 0.416 e. The lowest BCUT2D eigenvalue weighted by Gasteiger charge is -2.20. The summed E-state index contributed by atoms with van der Waals surface area (Å²) in [5, 5.41) is 9.46. The Morgan fingerprint density at radius 1 is 1.07 bits per heavy atom. The molecule has 41 heavy (non-hydrogen) atoms. The number of alkyl halides is 3. The van der Waals surface area contributed by atoms with Crippen LogP contribution in [0.5, 0.6) is 0 Å². The summed E-state index contributed by atoms with van der Waals surface area (Å²) < 4.78 is 44.7. The smallest absolute Gasteiger partial charge is 0.416 e. The zero-order valence-corrected chi connectivity index (χ0v) is 23.1. The van der Waals surface area contributed by atoms with E-state index in [4.69, 9.17) is 21.4 Å². The molecule has 1 aliphatic heterocycles. The molecular weight excluding hydrogens is 557 g/mol. The minimum atomic E-state index is -4.47. The van der Waals surface area contributed by atoms with E-state index >= 15 is 0 Å². The first-order chi connectivity index (χ1) is 19.6. The van der Waals surface area contributed by atoms with Crippen molar-refractivity contribution in [2.75, 3.05) is 19.7 Å². The molecule has 214 valence electrons. The first-order valence-electron chi connectivity index (χ1n) is 12.9. The summed E-state index contributed by atoms with van der Waals surface area (Å²) >= 11 is 5.96. The lowest BCUT2D eigenvalue weighted by atomic mass is 9.90. The number of ether oxygens (including phenoxy) is 1. The summed E-state index contributed by atoms with van der Waals surface area (Å²) in [6.45, 7) is 3.84. The van der Waals surface area contributed by atoms with Gasteiger partial charge in [-0.2, -0.15) is 18.3 Å². The minimum absolute atomic E-state index is 0.00665. The molecule has 1 heterocycles. The molecule has 0 aromatic heterocycles. The predicted octanol–water partition coefficient (Wildman–Crippen LogP) is 6.15. The summed E-state index contributed by atoms with van der Waals surface area (Å²) in [5.74, 6) is -1.75. The van der Waals surface area contributed by atoms with Crippen LogP contribution in [0.1, 0.15) is 46.8 Å². The van der Waals surface area contributed by atoms with Crippen LogP contribution in [0.2, 0.25) is 5.02 Å². The van der Waals surface area contributed by atoms with E-state index in [1.807, 2.05) is 30.3 Å². The van der Waals surface area contributed by atoms with E-state index in [0.29, 0.717) is 21.9 Å². The molecule has 3 aromatic carbocycles. The monoisotopic (exact) mass is 584 g/mol. The fraction of sp³-hybridized carbons (Fsp3) is 0.267. The van der Waals surface area contributed by atoms with Crippen molar-refractivity contribution in [1.29, 1.82) is 0 Å². The van der Waals surface area contributed by atoms with E-state index in [-0.39, 0.29) is 31.6 Å². The van der Waals surface area contributed by atoms with Crippen LogP contribution in [-0.2, 0) is 15.7 Å². The number of amides is 1. The number of aliphatic imine (C=N–C) groups is 1. The van der Waals surface area contributed by atoms with Crippen LogP contribution in [0.3, 0.4) is 0 Å². The molecule has 1 amide bonds. The number of nitrogens with zero attached hydrogens (tertiary/aromatic N) is 3. The van der Waals surface area contributed by atoms with Crippen LogP contribution < -0.4 is 5.32 Å². The van der Waals surface area contributed by atoms with E-state index in [9.17, 15) is 22.8 Å². The van der Waals surface area contributed by atoms with E-state index in [1.54, 1.807) is 38.1 Å². The van der Waals surface area contributed by atoms with Crippen molar-refractivity contribution in [3.63, 3.8) is 0 Å². The second-order valence-corrected chi connectivity index (χ2v) is 9.82. The van der Waals surface area contributed by atoms with Crippen LogP contribution in [0.15, 0.2) is 89.0 Å². The third kappa shape index (κ3) is 7.52. The van der Waals surface area contributed by atoms with Crippen LogP contribution in [0.25, 0.3) is 0 Å². The molecule has 4 rings (SSSR count). The van der Waals surface area contributed by atoms with Gasteiger partial charge in [0.1, 0.15) is 0 Å². The van der Waals surface area contributed by atoms with Crippen molar-refractivity contribution < 1.29 is 27.5 Å². The van der Waals surface area contributed by atoms with E-state index < -0.39 is 29.5 Å². The topological polar surface area (TPSA) is 83.4 Å². The molecule has 0 aliphatic carbocycles. The molecule has 3 aromatic rings. The standard InChI is InChI=1S/C30H28ClF3N4O3/c1-3-41-28(40)19(2)17-35-29(36-27(39)22-11-15-24(31)16-12-22)38-18-25(20-7-5-4-6-8-20)26(37-38)21-9-13-23(14-10-21)30(32,33)34/h4-16,19,25H,3,17-18H2,1-2H3,(H,35,36,39). The van der Waals surface area contributed by atoms with Gasteiger partial charge in [-0.05, 0) is 54.4 Å². The molecule has 0 saturated heterocycles. The first kappa shape index (κ1) is 29.8. The van der Waals surface area contributed by atoms with Gasteiger partial charge in [0.2, 0.25) is 5.96 Å². The number of benzene rings is 3. The molecule has 1 N–H and O–H groups in total. The van der Waals surface area contributed by atoms with E-state index in [0.717, 1.165) is 17.7 Å². The quantitative estimate of drug-likeness (QED) is 0.205. The third-order valence-electron chi connectivity index (χ3n) is 6.40. The summed E-state index contributed by atoms with van der Waals surface area (Å²) in [5.41, 5.74) is 1.45. The lowest BCUT2D eigenvalue weighted by Crippen LogP contribution is -2.42. The zero-order valence-electron chi connectivity index (χ0n) is 22.4. The molecule has 1 aliphatic rings. The maximum absolute atomic E-state index is 13.2. The normalized spacial score (nSPS) is 16.2. The van der Waals surface area contributed by atoms with Gasteiger partial charge >= 0.3 is 12.1 Å². The third-order valence-corrected chi connectivity index (χ3v) is 6.66. The van der Waals surface area contributed by atoms with Crippen molar-refractivity contribution >= 4 is 35.1 Å². The van der Waals surface area contributed by atoms with E-state index in [2.05, 4.69) is 10.3 Å². The first-order valence-corrected chi connectivity index (χ1v) is 13.3. The number of carbonyl (C=O) groups is 2. The number of carbonyl (C=O) groups excluding carboxylic acids is 2. The van der Waals surface area contributed by atoms with Crippen molar-refractivity contribution in [3.8, 4) is 0 Å². The highest BCUT2D eigenvalue weighted by Gasteiger charge is 2.34. The Kier molecular flexibility index (Phi) is 9.44. The Morgan fingerprint density at radius 3 is 2.34 bits per heavy atom. The van der Waals surface area contributed by atoms with Gasteiger partial charge in [-0.1, -0.05) is 61.0 Å². The lowest BCUT2D eigenvalue weighted by molar-refractivity contribution is -0.147. The molecule has 0 saturated carbocycles. The van der Waals surface area contributed by atoms with Gasteiger partial charge in [-0.15, -0.1) is 0 Å². The van der Waals surface area contributed by atoms with Gasteiger partial charge in [-0.25, -0.2) is 5.01 Å². The summed E-state index contributed by atoms with van der Waals surface area (Å²) in [7, 11) is 0. The number of hydrogen-bond donors (Lipinski definition) is 1. The molecule has 2 unspecified atom stereocenters. The van der Waals surface area contributed by atoms with Crippen LogP contribution in [0.4, 0.5) is 13.2 Å². The van der Waals surface area contributed by atoms with Gasteiger partial charge in [0.05, 0.1) is 36.9 Å². The average molecular weight is 585 g/mol. The summed E-state index contributed by atoms with van der Waals surface area (Å²) in [6.07, 6.45) is -4.47. The van der Waals surface area contributed by atoms with Crippen LogP contribution in [0, 0.1) is 5.92 Å².